The number of aromatic carboxylic acids is 1. The second-order valence-corrected chi connectivity index (χ2v) is 7.12. The van der Waals surface area contributed by atoms with E-state index in [9.17, 15) is 9.59 Å². The molecule has 0 aliphatic carbocycles. The Morgan fingerprint density at radius 1 is 1.30 bits per heavy atom. The van der Waals surface area contributed by atoms with E-state index in [2.05, 4.69) is 31.4 Å². The highest BCUT2D eigenvalue weighted by molar-refractivity contribution is 9.10. The van der Waals surface area contributed by atoms with E-state index < -0.39 is 12.0 Å². The standard InChI is InChI=1S/C17H15BrClN5O3/c1-10(24-8-12(6-20-24)17(26)27)16(25)21-15-14(18)9-23(22-15)7-11-2-4-13(19)5-3-11/h2-6,8-10H,7H2,1H3,(H,26,27)(H,21,22,25). The van der Waals surface area contributed by atoms with Crippen molar-refractivity contribution in [2.45, 2.75) is 19.5 Å². The predicted molar refractivity (Wildman–Crippen MR) is 103 cm³/mol. The monoisotopic (exact) mass is 451 g/mol. The zero-order chi connectivity index (χ0) is 19.6. The maximum atomic E-state index is 12.4. The lowest BCUT2D eigenvalue weighted by Gasteiger charge is -2.11. The van der Waals surface area contributed by atoms with Crippen LogP contribution in [0.25, 0.3) is 0 Å². The van der Waals surface area contributed by atoms with E-state index in [4.69, 9.17) is 16.7 Å². The molecule has 0 aliphatic heterocycles. The summed E-state index contributed by atoms with van der Waals surface area (Å²) in [4.78, 5) is 23.4. The smallest absolute Gasteiger partial charge is 0.338 e. The van der Waals surface area contributed by atoms with Crippen molar-refractivity contribution in [1.82, 2.24) is 19.6 Å². The summed E-state index contributed by atoms with van der Waals surface area (Å²) in [6.07, 6.45) is 4.26. The predicted octanol–water partition coefficient (Wildman–Crippen LogP) is 3.44. The molecule has 0 saturated carbocycles. The van der Waals surface area contributed by atoms with Gasteiger partial charge in [-0.15, -0.1) is 0 Å². The molecule has 0 bridgehead atoms. The molecular weight excluding hydrogens is 438 g/mol. The Labute approximate surface area is 167 Å². The number of amides is 1. The molecule has 0 aliphatic rings. The average molecular weight is 453 g/mol. The highest BCUT2D eigenvalue weighted by Gasteiger charge is 2.20. The number of aromatic nitrogens is 4. The number of hydrogen-bond donors (Lipinski definition) is 2. The van der Waals surface area contributed by atoms with Crippen molar-refractivity contribution in [3.8, 4) is 0 Å². The van der Waals surface area contributed by atoms with E-state index in [0.29, 0.717) is 21.9 Å². The highest BCUT2D eigenvalue weighted by atomic mass is 79.9. The number of benzene rings is 1. The molecule has 8 nitrogen and oxygen atoms in total. The first kappa shape index (κ1) is 19.1. The molecule has 1 aromatic carbocycles. The molecule has 3 aromatic rings. The van der Waals surface area contributed by atoms with Crippen molar-refractivity contribution >= 4 is 45.2 Å². The number of carbonyl (C=O) groups excluding carboxylic acids is 1. The molecule has 2 aromatic heterocycles. The Bertz CT molecular complexity index is 983. The summed E-state index contributed by atoms with van der Waals surface area (Å²) in [5.74, 6) is -1.10. The normalized spacial score (nSPS) is 12.0. The lowest BCUT2D eigenvalue weighted by Crippen LogP contribution is -2.24. The molecule has 10 heteroatoms. The summed E-state index contributed by atoms with van der Waals surface area (Å²) in [7, 11) is 0. The number of halogens is 2. The van der Waals surface area contributed by atoms with Crippen molar-refractivity contribution in [3.05, 3.63) is 63.5 Å². The third kappa shape index (κ3) is 4.55. The van der Waals surface area contributed by atoms with Gasteiger partial charge in [-0.25, -0.2) is 4.79 Å². The summed E-state index contributed by atoms with van der Waals surface area (Å²) in [5.41, 5.74) is 1.03. The molecule has 0 spiro atoms. The van der Waals surface area contributed by atoms with Crippen LogP contribution >= 0.6 is 27.5 Å². The third-order valence-corrected chi connectivity index (χ3v) is 4.67. The van der Waals surface area contributed by atoms with Gasteiger partial charge in [0.2, 0.25) is 5.91 Å². The summed E-state index contributed by atoms with van der Waals surface area (Å²) < 4.78 is 3.60. The van der Waals surface area contributed by atoms with Crippen LogP contribution in [-0.2, 0) is 11.3 Å². The number of carboxylic acids is 1. The van der Waals surface area contributed by atoms with Crippen molar-refractivity contribution in [2.24, 2.45) is 0 Å². The quantitative estimate of drug-likeness (QED) is 0.596. The molecule has 0 saturated heterocycles. The molecule has 2 heterocycles. The zero-order valence-electron chi connectivity index (χ0n) is 14.1. The van der Waals surface area contributed by atoms with Gasteiger partial charge in [0.1, 0.15) is 6.04 Å². The Morgan fingerprint density at radius 3 is 2.63 bits per heavy atom. The van der Waals surface area contributed by atoms with E-state index in [1.165, 1.54) is 17.1 Å². The van der Waals surface area contributed by atoms with Crippen LogP contribution < -0.4 is 5.32 Å². The molecular formula is C17H15BrClN5O3. The van der Waals surface area contributed by atoms with Gasteiger partial charge in [-0.1, -0.05) is 23.7 Å². The fourth-order valence-electron chi connectivity index (χ4n) is 2.34. The number of carbonyl (C=O) groups is 2. The molecule has 2 N–H and O–H groups in total. The lowest BCUT2D eigenvalue weighted by atomic mass is 10.2. The van der Waals surface area contributed by atoms with E-state index in [0.717, 1.165) is 5.56 Å². The van der Waals surface area contributed by atoms with Crippen molar-refractivity contribution in [2.75, 3.05) is 5.32 Å². The number of carboxylic acid groups (broad SMARTS) is 1. The average Bonchev–Trinajstić information content (AvgIpc) is 3.24. The first-order valence-corrected chi connectivity index (χ1v) is 9.06. The zero-order valence-corrected chi connectivity index (χ0v) is 16.5. The molecule has 27 heavy (non-hydrogen) atoms. The molecule has 1 amide bonds. The summed E-state index contributed by atoms with van der Waals surface area (Å²) in [6, 6.07) is 6.70. The Hall–Kier alpha value is -2.65. The molecule has 140 valence electrons. The molecule has 1 atom stereocenters. The third-order valence-electron chi connectivity index (χ3n) is 3.84. The van der Waals surface area contributed by atoms with Gasteiger partial charge in [0.05, 0.1) is 22.8 Å². The van der Waals surface area contributed by atoms with Crippen molar-refractivity contribution in [3.63, 3.8) is 0 Å². The lowest BCUT2D eigenvalue weighted by molar-refractivity contribution is -0.119. The van der Waals surface area contributed by atoms with E-state index in [1.54, 1.807) is 29.9 Å². The first-order valence-electron chi connectivity index (χ1n) is 7.89. The second-order valence-electron chi connectivity index (χ2n) is 5.83. The summed E-state index contributed by atoms with van der Waals surface area (Å²) in [5, 5.41) is 20.6. The maximum Gasteiger partial charge on any atom is 0.338 e. The SMILES string of the molecule is CC(C(=O)Nc1nn(Cc2ccc(Cl)cc2)cc1Br)n1cc(C(=O)O)cn1. The van der Waals surface area contributed by atoms with Crippen LogP contribution in [0.4, 0.5) is 5.82 Å². The number of anilines is 1. The minimum absolute atomic E-state index is 0.0167. The van der Waals surface area contributed by atoms with Crippen LogP contribution in [0.15, 0.2) is 47.3 Å². The van der Waals surface area contributed by atoms with Gasteiger partial charge in [-0.3, -0.25) is 14.2 Å². The van der Waals surface area contributed by atoms with Gasteiger partial charge in [0, 0.05) is 17.4 Å². The van der Waals surface area contributed by atoms with E-state index >= 15 is 0 Å². The first-order chi connectivity index (χ1) is 12.8. The van der Waals surface area contributed by atoms with Gasteiger partial charge in [0.25, 0.3) is 0 Å². The minimum atomic E-state index is -1.10. The van der Waals surface area contributed by atoms with Crippen LogP contribution in [0.2, 0.25) is 5.02 Å². The van der Waals surface area contributed by atoms with Crippen molar-refractivity contribution in [1.29, 1.82) is 0 Å². The fraction of sp³-hybridized carbons (Fsp3) is 0.176. The van der Waals surface area contributed by atoms with E-state index in [-0.39, 0.29) is 11.5 Å². The fourth-order valence-corrected chi connectivity index (χ4v) is 2.88. The molecule has 3 rings (SSSR count). The minimum Gasteiger partial charge on any atom is -0.478 e. The Balaban J connectivity index is 1.69. The van der Waals surface area contributed by atoms with Gasteiger partial charge in [-0.05, 0) is 40.5 Å². The summed E-state index contributed by atoms with van der Waals surface area (Å²) in [6.45, 7) is 2.13. The number of nitrogens with one attached hydrogen (secondary N) is 1. The number of rotatable bonds is 6. The van der Waals surface area contributed by atoms with Gasteiger partial charge >= 0.3 is 5.97 Å². The molecule has 0 fully saturated rings. The molecule has 0 radical (unpaired) electrons. The Kier molecular flexibility index (Phi) is 5.62. The number of nitrogens with zero attached hydrogens (tertiary/aromatic N) is 4. The maximum absolute atomic E-state index is 12.4. The van der Waals surface area contributed by atoms with Crippen molar-refractivity contribution < 1.29 is 14.7 Å². The van der Waals surface area contributed by atoms with Gasteiger partial charge in [0.15, 0.2) is 5.82 Å². The van der Waals surface area contributed by atoms with Gasteiger partial charge < -0.3 is 10.4 Å². The number of hydrogen-bond acceptors (Lipinski definition) is 4. The molecule has 1 unspecified atom stereocenters. The van der Waals surface area contributed by atoms with Crippen LogP contribution in [0.5, 0.6) is 0 Å². The van der Waals surface area contributed by atoms with Crippen LogP contribution in [0.3, 0.4) is 0 Å². The van der Waals surface area contributed by atoms with Gasteiger partial charge in [-0.2, -0.15) is 10.2 Å². The highest BCUT2D eigenvalue weighted by Crippen LogP contribution is 2.22. The Morgan fingerprint density at radius 2 is 2.00 bits per heavy atom. The largest absolute Gasteiger partial charge is 0.478 e. The van der Waals surface area contributed by atoms with Crippen LogP contribution in [0.1, 0.15) is 28.9 Å². The summed E-state index contributed by atoms with van der Waals surface area (Å²) >= 11 is 9.26. The topological polar surface area (TPSA) is 102 Å². The van der Waals surface area contributed by atoms with Crippen LogP contribution in [0, 0.1) is 0 Å². The second kappa shape index (κ2) is 7.93. The van der Waals surface area contributed by atoms with E-state index in [1.807, 2.05) is 12.1 Å². The van der Waals surface area contributed by atoms with Crippen LogP contribution in [-0.4, -0.2) is 36.5 Å².